The lowest BCUT2D eigenvalue weighted by Crippen LogP contribution is -2.49. The van der Waals surface area contributed by atoms with Gasteiger partial charge in [0.1, 0.15) is 0 Å². The molecule has 2 amide bonds. The van der Waals surface area contributed by atoms with Crippen molar-refractivity contribution < 1.29 is 9.59 Å². The summed E-state index contributed by atoms with van der Waals surface area (Å²) in [4.78, 5) is 27.2. The number of hydrogen-bond acceptors (Lipinski definition) is 3. The molecule has 1 aliphatic heterocycles. The van der Waals surface area contributed by atoms with Crippen molar-refractivity contribution in [2.45, 2.75) is 31.1 Å². The van der Waals surface area contributed by atoms with Crippen molar-refractivity contribution in [3.8, 4) is 0 Å². The minimum absolute atomic E-state index is 0.0199. The summed E-state index contributed by atoms with van der Waals surface area (Å²) in [6.45, 7) is 2.20. The van der Waals surface area contributed by atoms with E-state index in [2.05, 4.69) is 21.2 Å². The predicted octanol–water partition coefficient (Wildman–Crippen LogP) is 1.79. The highest BCUT2D eigenvalue weighted by molar-refractivity contribution is 9.10. The first-order valence-electron chi connectivity index (χ1n) is 8.60. The maximum Gasteiger partial charge on any atom is 0.233 e. The second kappa shape index (κ2) is 7.23. The van der Waals surface area contributed by atoms with E-state index in [-0.39, 0.29) is 23.1 Å². The van der Waals surface area contributed by atoms with Gasteiger partial charge in [-0.2, -0.15) is 0 Å². The summed E-state index contributed by atoms with van der Waals surface area (Å²) < 4.78 is 1.02. The van der Waals surface area contributed by atoms with Crippen LogP contribution in [0.2, 0.25) is 0 Å². The Kier molecular flexibility index (Phi) is 5.25. The van der Waals surface area contributed by atoms with Crippen LogP contribution in [-0.4, -0.2) is 42.9 Å². The molecule has 0 radical (unpaired) electrons. The van der Waals surface area contributed by atoms with E-state index in [0.29, 0.717) is 19.6 Å². The van der Waals surface area contributed by atoms with Crippen molar-refractivity contribution >= 4 is 27.7 Å². The number of nitrogens with one attached hydrogen (secondary N) is 1. The molecule has 0 spiro atoms. The number of rotatable bonds is 5. The number of piperidine rings is 1. The highest BCUT2D eigenvalue weighted by Crippen LogP contribution is 2.50. The SMILES string of the molecule is NCCNC(=O)C1CCCN(C(=O)C2(c3ccc(Br)cc3)CC2)C1. The first kappa shape index (κ1) is 17.4. The fourth-order valence-corrected chi connectivity index (χ4v) is 3.80. The minimum atomic E-state index is -0.365. The molecule has 1 aromatic rings. The monoisotopic (exact) mass is 393 g/mol. The molecule has 1 aromatic carbocycles. The van der Waals surface area contributed by atoms with E-state index in [4.69, 9.17) is 5.73 Å². The lowest BCUT2D eigenvalue weighted by Gasteiger charge is -2.34. The molecule has 1 saturated carbocycles. The molecule has 1 heterocycles. The molecule has 0 aromatic heterocycles. The number of carbonyl (C=O) groups is 2. The molecule has 24 heavy (non-hydrogen) atoms. The Labute approximate surface area is 151 Å². The lowest BCUT2D eigenvalue weighted by atomic mass is 9.91. The van der Waals surface area contributed by atoms with Crippen LogP contribution in [0.3, 0.4) is 0 Å². The molecule has 1 atom stereocenters. The van der Waals surface area contributed by atoms with Crippen molar-refractivity contribution in [2.24, 2.45) is 11.7 Å². The van der Waals surface area contributed by atoms with Gasteiger partial charge in [0.05, 0.1) is 11.3 Å². The Balaban J connectivity index is 1.68. The summed E-state index contributed by atoms with van der Waals surface area (Å²) in [6, 6.07) is 8.04. The van der Waals surface area contributed by atoms with Crippen LogP contribution >= 0.6 is 15.9 Å². The average Bonchev–Trinajstić information content (AvgIpc) is 3.41. The number of halogens is 1. The van der Waals surface area contributed by atoms with Gasteiger partial charge in [-0.1, -0.05) is 28.1 Å². The van der Waals surface area contributed by atoms with Gasteiger partial charge >= 0.3 is 0 Å². The molecular formula is C18H24BrN3O2. The molecule has 3 rings (SSSR count). The van der Waals surface area contributed by atoms with E-state index in [9.17, 15) is 9.59 Å². The first-order valence-corrected chi connectivity index (χ1v) is 9.39. The zero-order valence-corrected chi connectivity index (χ0v) is 15.3. The summed E-state index contributed by atoms with van der Waals surface area (Å²) in [5.74, 6) is 0.0857. The predicted molar refractivity (Wildman–Crippen MR) is 96.4 cm³/mol. The van der Waals surface area contributed by atoms with E-state index in [1.807, 2.05) is 29.2 Å². The number of nitrogens with zero attached hydrogens (tertiary/aromatic N) is 1. The summed E-state index contributed by atoms with van der Waals surface area (Å²) in [6.07, 6.45) is 3.51. The Morgan fingerprint density at radius 1 is 1.29 bits per heavy atom. The van der Waals surface area contributed by atoms with Crippen LogP contribution in [0.25, 0.3) is 0 Å². The van der Waals surface area contributed by atoms with Gasteiger partial charge < -0.3 is 16.0 Å². The maximum atomic E-state index is 13.1. The Morgan fingerprint density at radius 2 is 2.00 bits per heavy atom. The maximum absolute atomic E-state index is 13.1. The van der Waals surface area contributed by atoms with Gasteiger partial charge in [-0.05, 0) is 43.4 Å². The lowest BCUT2D eigenvalue weighted by molar-refractivity contribution is -0.138. The summed E-state index contributed by atoms with van der Waals surface area (Å²) >= 11 is 3.44. The van der Waals surface area contributed by atoms with Gasteiger partial charge in [0, 0.05) is 30.7 Å². The molecular weight excluding hydrogens is 370 g/mol. The van der Waals surface area contributed by atoms with Gasteiger partial charge in [0.2, 0.25) is 11.8 Å². The van der Waals surface area contributed by atoms with Crippen molar-refractivity contribution in [3.05, 3.63) is 34.3 Å². The number of nitrogens with two attached hydrogens (primary N) is 1. The summed E-state index contributed by atoms with van der Waals surface area (Å²) in [5.41, 5.74) is 6.16. The smallest absolute Gasteiger partial charge is 0.233 e. The number of benzene rings is 1. The third kappa shape index (κ3) is 3.49. The Bertz CT molecular complexity index is 613. The molecule has 1 saturated heterocycles. The molecule has 6 heteroatoms. The average molecular weight is 394 g/mol. The Morgan fingerprint density at radius 3 is 2.62 bits per heavy atom. The standard InChI is InChI=1S/C18H24BrN3O2/c19-15-5-3-14(4-6-15)18(7-8-18)17(24)22-11-1-2-13(12-22)16(23)21-10-9-20/h3-6,13H,1-2,7-12,20H2,(H,21,23). The number of amides is 2. The number of hydrogen-bond donors (Lipinski definition) is 2. The van der Waals surface area contributed by atoms with E-state index in [0.717, 1.165) is 42.3 Å². The molecule has 1 aliphatic carbocycles. The third-order valence-corrected chi connectivity index (χ3v) is 5.61. The molecule has 5 nitrogen and oxygen atoms in total. The Hall–Kier alpha value is -1.40. The molecule has 2 fully saturated rings. The largest absolute Gasteiger partial charge is 0.355 e. The van der Waals surface area contributed by atoms with E-state index in [1.54, 1.807) is 0 Å². The number of carbonyl (C=O) groups excluding carboxylic acids is 2. The van der Waals surface area contributed by atoms with Crippen molar-refractivity contribution in [1.29, 1.82) is 0 Å². The fourth-order valence-electron chi connectivity index (χ4n) is 3.54. The summed E-state index contributed by atoms with van der Waals surface area (Å²) in [7, 11) is 0. The summed E-state index contributed by atoms with van der Waals surface area (Å²) in [5, 5.41) is 2.85. The van der Waals surface area contributed by atoms with Crippen molar-refractivity contribution in [3.63, 3.8) is 0 Å². The van der Waals surface area contributed by atoms with Gasteiger partial charge in [-0.15, -0.1) is 0 Å². The molecule has 0 bridgehead atoms. The zero-order valence-electron chi connectivity index (χ0n) is 13.8. The van der Waals surface area contributed by atoms with Gasteiger partial charge in [-0.3, -0.25) is 9.59 Å². The van der Waals surface area contributed by atoms with Crippen LogP contribution in [0.4, 0.5) is 0 Å². The van der Waals surface area contributed by atoms with Crippen LogP contribution in [0.1, 0.15) is 31.2 Å². The van der Waals surface area contributed by atoms with Gasteiger partial charge in [0.15, 0.2) is 0 Å². The topological polar surface area (TPSA) is 75.4 Å². The van der Waals surface area contributed by atoms with Crippen LogP contribution in [0, 0.1) is 5.92 Å². The highest BCUT2D eigenvalue weighted by atomic mass is 79.9. The van der Waals surface area contributed by atoms with E-state index >= 15 is 0 Å². The second-order valence-electron chi connectivity index (χ2n) is 6.76. The van der Waals surface area contributed by atoms with Crippen LogP contribution in [0.5, 0.6) is 0 Å². The zero-order chi connectivity index (χ0) is 17.2. The van der Waals surface area contributed by atoms with Gasteiger partial charge in [-0.25, -0.2) is 0 Å². The third-order valence-electron chi connectivity index (χ3n) is 5.08. The van der Waals surface area contributed by atoms with Gasteiger partial charge in [0.25, 0.3) is 0 Å². The van der Waals surface area contributed by atoms with E-state index in [1.165, 1.54) is 0 Å². The quantitative estimate of drug-likeness (QED) is 0.800. The molecule has 130 valence electrons. The van der Waals surface area contributed by atoms with E-state index < -0.39 is 0 Å². The van der Waals surface area contributed by atoms with Crippen molar-refractivity contribution in [1.82, 2.24) is 10.2 Å². The van der Waals surface area contributed by atoms with Crippen LogP contribution in [-0.2, 0) is 15.0 Å². The normalized spacial score (nSPS) is 22.1. The molecule has 3 N–H and O–H groups in total. The van der Waals surface area contributed by atoms with Crippen molar-refractivity contribution in [2.75, 3.05) is 26.2 Å². The second-order valence-corrected chi connectivity index (χ2v) is 7.67. The fraction of sp³-hybridized carbons (Fsp3) is 0.556. The minimum Gasteiger partial charge on any atom is -0.355 e. The molecule has 1 unspecified atom stereocenters. The highest BCUT2D eigenvalue weighted by Gasteiger charge is 2.53. The number of likely N-dealkylation sites (tertiary alicyclic amines) is 1. The van der Waals surface area contributed by atoms with Crippen LogP contribution < -0.4 is 11.1 Å². The van der Waals surface area contributed by atoms with Crippen LogP contribution in [0.15, 0.2) is 28.7 Å². The first-order chi connectivity index (χ1) is 11.6. The molecule has 2 aliphatic rings.